The average Bonchev–Trinajstić information content (AvgIpc) is 2.79. The summed E-state index contributed by atoms with van der Waals surface area (Å²) in [5, 5.41) is 2.02. The van der Waals surface area contributed by atoms with Crippen LogP contribution in [0.1, 0.15) is 10.9 Å². The van der Waals surface area contributed by atoms with Gasteiger partial charge in [0.25, 0.3) is 0 Å². The lowest BCUT2D eigenvalue weighted by Gasteiger charge is -2.08. The second-order valence-electron chi connectivity index (χ2n) is 3.39. The van der Waals surface area contributed by atoms with Crippen molar-refractivity contribution in [1.82, 2.24) is 0 Å². The Balaban J connectivity index is 1.92. The van der Waals surface area contributed by atoms with Crippen molar-refractivity contribution < 1.29 is 4.39 Å². The quantitative estimate of drug-likeness (QED) is 0.841. The van der Waals surface area contributed by atoms with Gasteiger partial charge < -0.3 is 5.73 Å². The van der Waals surface area contributed by atoms with Crippen molar-refractivity contribution in [2.24, 2.45) is 5.73 Å². The highest BCUT2D eigenvalue weighted by atomic mass is 32.2. The lowest BCUT2D eigenvalue weighted by molar-refractivity contribution is 0.624. The molecule has 1 aromatic heterocycles. The standard InChI is InChI=1S/C12H12FNS2/c13-9-3-1-4-10(7-9)16-8-11(14)12-5-2-6-15-12/h1-7,11H,8,14H2. The maximum atomic E-state index is 12.9. The van der Waals surface area contributed by atoms with Gasteiger partial charge in [0, 0.05) is 21.6 Å². The van der Waals surface area contributed by atoms with Crippen LogP contribution < -0.4 is 5.73 Å². The molecule has 2 rings (SSSR count). The van der Waals surface area contributed by atoms with Gasteiger partial charge in [-0.2, -0.15) is 0 Å². The molecule has 84 valence electrons. The highest BCUT2D eigenvalue weighted by molar-refractivity contribution is 7.99. The third-order valence-electron chi connectivity index (χ3n) is 2.13. The highest BCUT2D eigenvalue weighted by Gasteiger charge is 2.07. The minimum atomic E-state index is -0.199. The highest BCUT2D eigenvalue weighted by Crippen LogP contribution is 2.25. The van der Waals surface area contributed by atoms with Crippen LogP contribution in [-0.4, -0.2) is 5.75 Å². The van der Waals surface area contributed by atoms with Crippen LogP contribution in [0.4, 0.5) is 4.39 Å². The van der Waals surface area contributed by atoms with E-state index in [0.717, 1.165) is 10.6 Å². The van der Waals surface area contributed by atoms with Gasteiger partial charge in [0.1, 0.15) is 5.82 Å². The summed E-state index contributed by atoms with van der Waals surface area (Å²) < 4.78 is 12.9. The first-order chi connectivity index (χ1) is 7.75. The third kappa shape index (κ3) is 3.07. The molecule has 0 bridgehead atoms. The average molecular weight is 253 g/mol. The SMILES string of the molecule is NC(CSc1cccc(F)c1)c1cccs1. The number of nitrogens with two attached hydrogens (primary N) is 1. The molecule has 0 fully saturated rings. The Hall–Kier alpha value is -0.840. The van der Waals surface area contributed by atoms with Crippen molar-refractivity contribution in [3.63, 3.8) is 0 Å². The Morgan fingerprint density at radius 2 is 2.19 bits per heavy atom. The van der Waals surface area contributed by atoms with Crippen LogP contribution in [0.25, 0.3) is 0 Å². The minimum absolute atomic E-state index is 0.0215. The van der Waals surface area contributed by atoms with E-state index in [2.05, 4.69) is 0 Å². The van der Waals surface area contributed by atoms with Crippen LogP contribution in [0, 0.1) is 5.82 Å². The van der Waals surface area contributed by atoms with Crippen LogP contribution in [0.15, 0.2) is 46.7 Å². The Morgan fingerprint density at radius 1 is 1.31 bits per heavy atom. The molecule has 0 aliphatic rings. The van der Waals surface area contributed by atoms with E-state index in [0.29, 0.717) is 0 Å². The van der Waals surface area contributed by atoms with Crippen LogP contribution in [-0.2, 0) is 0 Å². The summed E-state index contributed by atoms with van der Waals surface area (Å²) in [4.78, 5) is 2.09. The first-order valence-corrected chi connectivity index (χ1v) is 6.79. The Kier molecular flexibility index (Phi) is 3.98. The molecule has 1 unspecified atom stereocenters. The van der Waals surface area contributed by atoms with E-state index >= 15 is 0 Å². The largest absolute Gasteiger partial charge is 0.323 e. The first-order valence-electron chi connectivity index (χ1n) is 4.93. The number of benzene rings is 1. The zero-order chi connectivity index (χ0) is 11.4. The van der Waals surface area contributed by atoms with Crippen molar-refractivity contribution in [2.75, 3.05) is 5.75 Å². The number of hydrogen-bond donors (Lipinski definition) is 1. The molecule has 1 atom stereocenters. The van der Waals surface area contributed by atoms with Crippen LogP contribution >= 0.6 is 23.1 Å². The second-order valence-corrected chi connectivity index (χ2v) is 5.46. The molecule has 0 saturated carbocycles. The van der Waals surface area contributed by atoms with Crippen LogP contribution in [0.3, 0.4) is 0 Å². The van der Waals surface area contributed by atoms with Gasteiger partial charge in [-0.1, -0.05) is 12.1 Å². The van der Waals surface area contributed by atoms with Crippen molar-refractivity contribution >= 4 is 23.1 Å². The molecule has 1 nitrogen and oxygen atoms in total. The molecular weight excluding hydrogens is 241 g/mol. The zero-order valence-corrected chi connectivity index (χ0v) is 10.2. The summed E-state index contributed by atoms with van der Waals surface area (Å²) in [6.45, 7) is 0. The smallest absolute Gasteiger partial charge is 0.124 e. The Bertz CT molecular complexity index is 442. The maximum absolute atomic E-state index is 12.9. The predicted octanol–water partition coefficient (Wildman–Crippen LogP) is 3.68. The summed E-state index contributed by atoms with van der Waals surface area (Å²) in [6.07, 6.45) is 0. The van der Waals surface area contributed by atoms with Gasteiger partial charge in [-0.3, -0.25) is 0 Å². The number of rotatable bonds is 4. The predicted molar refractivity (Wildman–Crippen MR) is 68.4 cm³/mol. The zero-order valence-electron chi connectivity index (χ0n) is 8.60. The molecule has 2 aromatic rings. The third-order valence-corrected chi connectivity index (χ3v) is 4.25. The normalized spacial score (nSPS) is 12.6. The van der Waals surface area contributed by atoms with Crippen molar-refractivity contribution in [3.8, 4) is 0 Å². The van der Waals surface area contributed by atoms with Gasteiger partial charge in [0.15, 0.2) is 0 Å². The van der Waals surface area contributed by atoms with E-state index < -0.39 is 0 Å². The fraction of sp³-hybridized carbons (Fsp3) is 0.167. The first kappa shape index (κ1) is 11.6. The fourth-order valence-electron chi connectivity index (χ4n) is 1.33. The lowest BCUT2D eigenvalue weighted by Crippen LogP contribution is -2.11. The molecule has 0 spiro atoms. The van der Waals surface area contributed by atoms with E-state index in [4.69, 9.17) is 5.73 Å². The molecule has 4 heteroatoms. The molecule has 1 heterocycles. The number of halogens is 1. The van der Waals surface area contributed by atoms with E-state index in [-0.39, 0.29) is 11.9 Å². The second kappa shape index (κ2) is 5.48. The summed E-state index contributed by atoms with van der Waals surface area (Å²) in [6, 6.07) is 10.6. The molecule has 0 saturated heterocycles. The number of thioether (sulfide) groups is 1. The van der Waals surface area contributed by atoms with Gasteiger partial charge in [-0.25, -0.2) is 4.39 Å². The van der Waals surface area contributed by atoms with Crippen molar-refractivity contribution in [1.29, 1.82) is 0 Å². The van der Waals surface area contributed by atoms with Gasteiger partial charge >= 0.3 is 0 Å². The summed E-state index contributed by atoms with van der Waals surface area (Å²) in [5.41, 5.74) is 6.02. The molecule has 1 aromatic carbocycles. The van der Waals surface area contributed by atoms with Gasteiger partial charge in [-0.15, -0.1) is 23.1 Å². The maximum Gasteiger partial charge on any atom is 0.124 e. The number of hydrogen-bond acceptors (Lipinski definition) is 3. The molecule has 2 N–H and O–H groups in total. The molecular formula is C12H12FNS2. The lowest BCUT2D eigenvalue weighted by atomic mass is 10.3. The van der Waals surface area contributed by atoms with E-state index in [1.165, 1.54) is 17.0 Å². The van der Waals surface area contributed by atoms with Gasteiger partial charge in [-0.05, 0) is 29.6 Å². The molecule has 16 heavy (non-hydrogen) atoms. The topological polar surface area (TPSA) is 26.0 Å². The van der Waals surface area contributed by atoms with E-state index in [1.54, 1.807) is 29.2 Å². The van der Waals surface area contributed by atoms with E-state index in [1.807, 2.05) is 23.6 Å². The molecule has 0 amide bonds. The fourth-order valence-corrected chi connectivity index (χ4v) is 3.08. The molecule has 0 radical (unpaired) electrons. The van der Waals surface area contributed by atoms with Gasteiger partial charge in [0.2, 0.25) is 0 Å². The van der Waals surface area contributed by atoms with Crippen LogP contribution in [0.5, 0.6) is 0 Å². The molecule has 0 aliphatic heterocycles. The van der Waals surface area contributed by atoms with Crippen molar-refractivity contribution in [2.45, 2.75) is 10.9 Å². The van der Waals surface area contributed by atoms with E-state index in [9.17, 15) is 4.39 Å². The minimum Gasteiger partial charge on any atom is -0.323 e. The Morgan fingerprint density at radius 3 is 2.88 bits per heavy atom. The van der Waals surface area contributed by atoms with Gasteiger partial charge in [0.05, 0.1) is 0 Å². The summed E-state index contributed by atoms with van der Waals surface area (Å²) in [5.74, 6) is 0.568. The number of thiophene rings is 1. The van der Waals surface area contributed by atoms with Crippen molar-refractivity contribution in [3.05, 3.63) is 52.5 Å². The summed E-state index contributed by atoms with van der Waals surface area (Å²) in [7, 11) is 0. The molecule has 0 aliphatic carbocycles. The van der Waals surface area contributed by atoms with Crippen LogP contribution in [0.2, 0.25) is 0 Å². The Labute approximate surface area is 102 Å². The summed E-state index contributed by atoms with van der Waals surface area (Å²) >= 11 is 3.24. The monoisotopic (exact) mass is 253 g/mol.